The standard InChI is InChI=1S/C15H19N5OS/c1-22-10-14(21)17-12-2-3-13-18-19-15(20(13)9-6-12)11-4-7-16-8-5-11/h4-5,7-8,12H,2-3,6,9-10H2,1H3,(H,17,21). The van der Waals surface area contributed by atoms with Crippen molar-refractivity contribution < 1.29 is 4.79 Å². The van der Waals surface area contributed by atoms with Crippen LogP contribution in [-0.2, 0) is 17.8 Å². The smallest absolute Gasteiger partial charge is 0.230 e. The van der Waals surface area contributed by atoms with E-state index in [4.69, 9.17) is 0 Å². The van der Waals surface area contributed by atoms with Gasteiger partial charge in [-0.05, 0) is 31.2 Å². The van der Waals surface area contributed by atoms with Crippen LogP contribution in [0.2, 0.25) is 0 Å². The van der Waals surface area contributed by atoms with Gasteiger partial charge in [-0.1, -0.05) is 0 Å². The third kappa shape index (κ3) is 3.30. The van der Waals surface area contributed by atoms with Gasteiger partial charge in [0.2, 0.25) is 5.91 Å². The summed E-state index contributed by atoms with van der Waals surface area (Å²) in [5.74, 6) is 2.51. The van der Waals surface area contributed by atoms with Gasteiger partial charge in [-0.2, -0.15) is 11.8 Å². The average molecular weight is 317 g/mol. The van der Waals surface area contributed by atoms with Gasteiger partial charge in [-0.3, -0.25) is 9.78 Å². The zero-order valence-corrected chi connectivity index (χ0v) is 13.3. The monoisotopic (exact) mass is 317 g/mol. The fourth-order valence-corrected chi connectivity index (χ4v) is 3.09. The quantitative estimate of drug-likeness (QED) is 0.926. The third-order valence-corrected chi connectivity index (χ3v) is 4.37. The highest BCUT2D eigenvalue weighted by atomic mass is 32.2. The Hall–Kier alpha value is -1.89. The Balaban J connectivity index is 1.73. The summed E-state index contributed by atoms with van der Waals surface area (Å²) in [4.78, 5) is 15.8. The maximum atomic E-state index is 11.7. The number of fused-ring (bicyclic) bond motifs is 1. The highest BCUT2D eigenvalue weighted by Crippen LogP contribution is 2.22. The molecule has 0 aromatic carbocycles. The van der Waals surface area contributed by atoms with Crippen molar-refractivity contribution in [3.63, 3.8) is 0 Å². The number of aromatic nitrogens is 4. The molecule has 2 aromatic rings. The van der Waals surface area contributed by atoms with Gasteiger partial charge in [-0.25, -0.2) is 0 Å². The molecule has 3 rings (SSSR count). The van der Waals surface area contributed by atoms with Crippen molar-refractivity contribution in [1.82, 2.24) is 25.1 Å². The molecule has 116 valence electrons. The number of amides is 1. The van der Waals surface area contributed by atoms with Crippen molar-refractivity contribution in [2.75, 3.05) is 12.0 Å². The zero-order valence-electron chi connectivity index (χ0n) is 12.5. The minimum Gasteiger partial charge on any atom is -0.353 e. The highest BCUT2D eigenvalue weighted by Gasteiger charge is 2.21. The molecule has 2 aromatic heterocycles. The van der Waals surface area contributed by atoms with Crippen LogP contribution in [0.4, 0.5) is 0 Å². The normalized spacial score (nSPS) is 17.6. The van der Waals surface area contributed by atoms with Gasteiger partial charge < -0.3 is 9.88 Å². The Kier molecular flexibility index (Phi) is 4.72. The number of hydrogen-bond donors (Lipinski definition) is 1. The Morgan fingerprint density at radius 2 is 2.18 bits per heavy atom. The van der Waals surface area contributed by atoms with E-state index in [1.165, 1.54) is 0 Å². The first-order chi connectivity index (χ1) is 10.8. The molecular weight excluding hydrogens is 298 g/mol. The molecule has 0 saturated heterocycles. The predicted molar refractivity (Wildman–Crippen MR) is 86.5 cm³/mol. The summed E-state index contributed by atoms with van der Waals surface area (Å²) < 4.78 is 2.16. The lowest BCUT2D eigenvalue weighted by Crippen LogP contribution is -2.36. The number of carbonyl (C=O) groups is 1. The van der Waals surface area contributed by atoms with Gasteiger partial charge >= 0.3 is 0 Å². The predicted octanol–water partition coefficient (Wildman–Crippen LogP) is 1.52. The van der Waals surface area contributed by atoms with E-state index in [9.17, 15) is 4.79 Å². The van der Waals surface area contributed by atoms with Crippen LogP contribution in [0.5, 0.6) is 0 Å². The van der Waals surface area contributed by atoms with E-state index in [0.29, 0.717) is 5.75 Å². The van der Waals surface area contributed by atoms with Crippen LogP contribution in [-0.4, -0.2) is 43.7 Å². The molecule has 1 amide bonds. The number of carbonyl (C=O) groups excluding carboxylic acids is 1. The number of rotatable bonds is 4. The first-order valence-electron chi connectivity index (χ1n) is 7.38. The Morgan fingerprint density at radius 3 is 2.95 bits per heavy atom. The number of pyridine rings is 1. The second-order valence-electron chi connectivity index (χ2n) is 5.35. The minimum atomic E-state index is 0.115. The molecule has 0 aliphatic carbocycles. The van der Waals surface area contributed by atoms with Crippen LogP contribution in [0.1, 0.15) is 18.7 Å². The molecule has 22 heavy (non-hydrogen) atoms. The summed E-state index contributed by atoms with van der Waals surface area (Å²) in [5, 5.41) is 11.8. The molecule has 0 radical (unpaired) electrons. The van der Waals surface area contributed by atoms with E-state index in [1.807, 2.05) is 18.4 Å². The number of nitrogens with one attached hydrogen (secondary N) is 1. The van der Waals surface area contributed by atoms with Crippen LogP contribution >= 0.6 is 11.8 Å². The third-order valence-electron chi connectivity index (χ3n) is 3.82. The van der Waals surface area contributed by atoms with Gasteiger partial charge in [0.15, 0.2) is 5.82 Å². The van der Waals surface area contributed by atoms with Crippen molar-refractivity contribution in [1.29, 1.82) is 0 Å². The first kappa shape index (κ1) is 15.0. The van der Waals surface area contributed by atoms with E-state index in [0.717, 1.165) is 43.0 Å². The highest BCUT2D eigenvalue weighted by molar-refractivity contribution is 7.99. The summed E-state index contributed by atoms with van der Waals surface area (Å²) >= 11 is 1.55. The van der Waals surface area contributed by atoms with Crippen molar-refractivity contribution in [3.05, 3.63) is 30.4 Å². The summed E-state index contributed by atoms with van der Waals surface area (Å²) in [6.07, 6.45) is 8.12. The number of thioether (sulfide) groups is 1. The van der Waals surface area contributed by atoms with Crippen LogP contribution < -0.4 is 5.32 Å². The van der Waals surface area contributed by atoms with Gasteiger partial charge in [0.25, 0.3) is 0 Å². The molecule has 0 bridgehead atoms. The van der Waals surface area contributed by atoms with E-state index in [-0.39, 0.29) is 11.9 Å². The van der Waals surface area contributed by atoms with Crippen molar-refractivity contribution in [3.8, 4) is 11.4 Å². The van der Waals surface area contributed by atoms with Crippen LogP contribution in [0.25, 0.3) is 11.4 Å². The second kappa shape index (κ2) is 6.91. The van der Waals surface area contributed by atoms with Gasteiger partial charge in [0, 0.05) is 37.0 Å². The number of hydrogen-bond acceptors (Lipinski definition) is 5. The summed E-state index contributed by atoms with van der Waals surface area (Å²) in [7, 11) is 0. The number of nitrogens with zero attached hydrogens (tertiary/aromatic N) is 4. The average Bonchev–Trinajstić information content (AvgIpc) is 2.84. The molecule has 3 heterocycles. The molecule has 1 atom stereocenters. The molecule has 7 heteroatoms. The molecule has 1 N–H and O–H groups in total. The molecule has 0 fully saturated rings. The molecule has 0 saturated carbocycles. The second-order valence-corrected chi connectivity index (χ2v) is 6.22. The first-order valence-corrected chi connectivity index (χ1v) is 8.78. The lowest BCUT2D eigenvalue weighted by atomic mass is 10.1. The fraction of sp³-hybridized carbons (Fsp3) is 0.467. The van der Waals surface area contributed by atoms with Crippen molar-refractivity contribution in [2.24, 2.45) is 0 Å². The largest absolute Gasteiger partial charge is 0.353 e. The lowest BCUT2D eigenvalue weighted by molar-refractivity contribution is -0.119. The van der Waals surface area contributed by atoms with E-state index in [1.54, 1.807) is 24.2 Å². The Morgan fingerprint density at radius 1 is 1.36 bits per heavy atom. The van der Waals surface area contributed by atoms with E-state index >= 15 is 0 Å². The van der Waals surface area contributed by atoms with Crippen LogP contribution in [0.3, 0.4) is 0 Å². The fourth-order valence-electron chi connectivity index (χ4n) is 2.75. The lowest BCUT2D eigenvalue weighted by Gasteiger charge is -2.15. The summed E-state index contributed by atoms with van der Waals surface area (Å²) in [6, 6.07) is 4.10. The minimum absolute atomic E-state index is 0.115. The summed E-state index contributed by atoms with van der Waals surface area (Å²) in [6.45, 7) is 0.824. The van der Waals surface area contributed by atoms with Crippen molar-refractivity contribution >= 4 is 17.7 Å². The van der Waals surface area contributed by atoms with E-state index < -0.39 is 0 Å². The molecular formula is C15H19N5OS. The van der Waals surface area contributed by atoms with Crippen LogP contribution in [0, 0.1) is 0 Å². The molecule has 1 aliphatic rings. The van der Waals surface area contributed by atoms with Gasteiger partial charge in [0.05, 0.1) is 5.75 Å². The van der Waals surface area contributed by atoms with Crippen molar-refractivity contribution in [2.45, 2.75) is 31.8 Å². The van der Waals surface area contributed by atoms with Crippen LogP contribution in [0.15, 0.2) is 24.5 Å². The molecule has 1 unspecified atom stereocenters. The Bertz CT molecular complexity index is 643. The van der Waals surface area contributed by atoms with Gasteiger partial charge in [-0.15, -0.1) is 10.2 Å². The molecule has 6 nitrogen and oxygen atoms in total. The molecule has 1 aliphatic heterocycles. The van der Waals surface area contributed by atoms with E-state index in [2.05, 4.69) is 25.1 Å². The molecule has 0 spiro atoms. The Labute approximate surface area is 133 Å². The topological polar surface area (TPSA) is 72.7 Å². The maximum Gasteiger partial charge on any atom is 0.230 e. The SMILES string of the molecule is CSCC(=O)NC1CCc2nnc(-c3ccncc3)n2CC1. The summed E-state index contributed by atoms with van der Waals surface area (Å²) in [5.41, 5.74) is 1.03. The maximum absolute atomic E-state index is 11.7. The number of aryl methyl sites for hydroxylation is 1. The van der Waals surface area contributed by atoms with Gasteiger partial charge in [0.1, 0.15) is 5.82 Å². The zero-order chi connectivity index (χ0) is 15.4.